The van der Waals surface area contributed by atoms with Crippen molar-refractivity contribution < 1.29 is 9.84 Å². The number of pyridine rings is 1. The topological polar surface area (TPSA) is 45.6 Å². The van der Waals surface area contributed by atoms with E-state index in [1.165, 1.54) is 0 Å². The minimum atomic E-state index is 0.0380. The second kappa shape index (κ2) is 6.67. The number of aromatic nitrogens is 1. The van der Waals surface area contributed by atoms with Crippen LogP contribution in [0.1, 0.15) is 17.5 Å². The van der Waals surface area contributed by atoms with Crippen molar-refractivity contribution in [2.75, 3.05) is 18.0 Å². The van der Waals surface area contributed by atoms with Crippen LogP contribution in [0.15, 0.2) is 41.0 Å². The summed E-state index contributed by atoms with van der Waals surface area (Å²) < 4.78 is 6.94. The molecule has 116 valence electrons. The van der Waals surface area contributed by atoms with Gasteiger partial charge in [0.2, 0.25) is 5.88 Å². The number of hydrogen-bond acceptors (Lipinski definition) is 4. The lowest BCUT2D eigenvalue weighted by atomic mass is 10.2. The number of ether oxygens (including phenoxy) is 1. The molecule has 1 unspecified atom stereocenters. The predicted octanol–water partition coefficient (Wildman–Crippen LogP) is 3.30. The number of halogens is 1. The lowest BCUT2D eigenvalue weighted by Gasteiger charge is -2.21. The predicted molar refractivity (Wildman–Crippen MR) is 90.3 cm³/mol. The maximum atomic E-state index is 9.54. The number of aryl methyl sites for hydroxylation is 1. The van der Waals surface area contributed by atoms with Gasteiger partial charge in [0.05, 0.1) is 13.2 Å². The van der Waals surface area contributed by atoms with Crippen LogP contribution in [0.3, 0.4) is 0 Å². The second-order valence-electron chi connectivity index (χ2n) is 5.58. The minimum Gasteiger partial charge on any atom is -0.472 e. The SMILES string of the molecule is Cc1ccc(OC2CCN(c3ccc(Br)cc3CO)C2)nc1. The molecule has 5 heteroatoms. The Morgan fingerprint density at radius 3 is 2.95 bits per heavy atom. The quantitative estimate of drug-likeness (QED) is 0.906. The Morgan fingerprint density at radius 2 is 2.23 bits per heavy atom. The molecule has 1 aromatic heterocycles. The molecule has 0 amide bonds. The first kappa shape index (κ1) is 15.3. The fraction of sp³-hybridized carbons (Fsp3) is 0.353. The van der Waals surface area contributed by atoms with E-state index in [0.29, 0.717) is 5.88 Å². The van der Waals surface area contributed by atoms with Crippen molar-refractivity contribution in [3.05, 3.63) is 52.1 Å². The van der Waals surface area contributed by atoms with Gasteiger partial charge in [-0.3, -0.25) is 0 Å². The fourth-order valence-electron chi connectivity index (χ4n) is 2.73. The summed E-state index contributed by atoms with van der Waals surface area (Å²) in [6.07, 6.45) is 2.90. The highest BCUT2D eigenvalue weighted by molar-refractivity contribution is 9.10. The first-order valence-corrected chi connectivity index (χ1v) is 8.18. The smallest absolute Gasteiger partial charge is 0.213 e. The average molecular weight is 363 g/mol. The standard InChI is InChI=1S/C17H19BrN2O2/c1-12-2-5-17(19-9-12)22-15-6-7-20(10-15)16-4-3-14(18)8-13(16)11-21/h2-5,8-9,15,21H,6-7,10-11H2,1H3. The largest absolute Gasteiger partial charge is 0.472 e. The molecule has 1 aliphatic rings. The van der Waals surface area contributed by atoms with E-state index in [0.717, 1.165) is 40.8 Å². The van der Waals surface area contributed by atoms with Crippen molar-refractivity contribution in [1.82, 2.24) is 4.98 Å². The molecule has 0 saturated carbocycles. The van der Waals surface area contributed by atoms with Crippen molar-refractivity contribution in [2.24, 2.45) is 0 Å². The molecule has 0 radical (unpaired) electrons. The van der Waals surface area contributed by atoms with E-state index in [2.05, 4.69) is 25.8 Å². The minimum absolute atomic E-state index is 0.0380. The maximum Gasteiger partial charge on any atom is 0.213 e. The number of nitrogens with zero attached hydrogens (tertiary/aromatic N) is 2. The Hall–Kier alpha value is -1.59. The molecule has 22 heavy (non-hydrogen) atoms. The van der Waals surface area contributed by atoms with E-state index in [1.807, 2.05) is 43.5 Å². The van der Waals surface area contributed by atoms with Gasteiger partial charge in [0, 0.05) is 41.0 Å². The normalized spacial score (nSPS) is 17.8. The van der Waals surface area contributed by atoms with Crippen LogP contribution in [-0.4, -0.2) is 29.3 Å². The summed E-state index contributed by atoms with van der Waals surface area (Å²) in [6, 6.07) is 9.93. The highest BCUT2D eigenvalue weighted by Crippen LogP contribution is 2.28. The Morgan fingerprint density at radius 1 is 1.36 bits per heavy atom. The van der Waals surface area contributed by atoms with Crippen LogP contribution in [0.5, 0.6) is 5.88 Å². The van der Waals surface area contributed by atoms with E-state index < -0.39 is 0 Å². The van der Waals surface area contributed by atoms with Crippen molar-refractivity contribution in [3.63, 3.8) is 0 Å². The Kier molecular flexibility index (Phi) is 4.64. The van der Waals surface area contributed by atoms with Gasteiger partial charge in [0.1, 0.15) is 6.10 Å². The summed E-state index contributed by atoms with van der Waals surface area (Å²) in [7, 11) is 0. The average Bonchev–Trinajstić information content (AvgIpc) is 2.97. The van der Waals surface area contributed by atoms with Gasteiger partial charge in [-0.25, -0.2) is 4.98 Å². The number of aliphatic hydroxyl groups excluding tert-OH is 1. The third kappa shape index (κ3) is 3.42. The van der Waals surface area contributed by atoms with Crippen molar-refractivity contribution in [1.29, 1.82) is 0 Å². The van der Waals surface area contributed by atoms with E-state index in [1.54, 1.807) is 0 Å². The van der Waals surface area contributed by atoms with Crippen LogP contribution in [0.2, 0.25) is 0 Å². The highest BCUT2D eigenvalue weighted by Gasteiger charge is 2.25. The zero-order valence-electron chi connectivity index (χ0n) is 12.5. The number of aliphatic hydroxyl groups is 1. The second-order valence-corrected chi connectivity index (χ2v) is 6.50. The molecular weight excluding hydrogens is 344 g/mol. The van der Waals surface area contributed by atoms with Crippen LogP contribution in [0.25, 0.3) is 0 Å². The fourth-order valence-corrected chi connectivity index (χ4v) is 3.14. The Bertz CT molecular complexity index is 646. The van der Waals surface area contributed by atoms with Crippen molar-refractivity contribution >= 4 is 21.6 Å². The molecule has 1 aliphatic heterocycles. The van der Waals surface area contributed by atoms with Crippen LogP contribution in [0, 0.1) is 6.92 Å². The number of hydrogen-bond donors (Lipinski definition) is 1. The highest BCUT2D eigenvalue weighted by atomic mass is 79.9. The molecule has 1 saturated heterocycles. The lowest BCUT2D eigenvalue weighted by Crippen LogP contribution is -2.25. The number of rotatable bonds is 4. The Labute approximate surface area is 138 Å². The first-order chi connectivity index (χ1) is 10.7. The molecule has 0 bridgehead atoms. The van der Waals surface area contributed by atoms with Crippen LogP contribution >= 0.6 is 15.9 Å². The summed E-state index contributed by atoms with van der Waals surface area (Å²) in [5.41, 5.74) is 3.14. The maximum absolute atomic E-state index is 9.54. The summed E-state index contributed by atoms with van der Waals surface area (Å²) in [4.78, 5) is 6.56. The van der Waals surface area contributed by atoms with Crippen LogP contribution in [-0.2, 0) is 6.61 Å². The van der Waals surface area contributed by atoms with Gasteiger partial charge >= 0.3 is 0 Å². The molecule has 0 aliphatic carbocycles. The van der Waals surface area contributed by atoms with Crippen molar-refractivity contribution in [3.8, 4) is 5.88 Å². The molecule has 1 atom stereocenters. The molecule has 2 heterocycles. The Balaban J connectivity index is 1.68. The van der Waals surface area contributed by atoms with E-state index in [9.17, 15) is 5.11 Å². The summed E-state index contributed by atoms with van der Waals surface area (Å²) >= 11 is 3.45. The van der Waals surface area contributed by atoms with Crippen LogP contribution < -0.4 is 9.64 Å². The summed E-state index contributed by atoms with van der Waals surface area (Å²) in [6.45, 7) is 3.78. The van der Waals surface area contributed by atoms with Crippen LogP contribution in [0.4, 0.5) is 5.69 Å². The molecular formula is C17H19BrN2O2. The molecule has 1 aromatic carbocycles. The van der Waals surface area contributed by atoms with Gasteiger partial charge in [-0.2, -0.15) is 0 Å². The van der Waals surface area contributed by atoms with E-state index in [4.69, 9.17) is 4.74 Å². The van der Waals surface area contributed by atoms with E-state index >= 15 is 0 Å². The molecule has 1 fully saturated rings. The van der Waals surface area contributed by atoms with Gasteiger partial charge in [0.25, 0.3) is 0 Å². The zero-order valence-corrected chi connectivity index (χ0v) is 14.1. The van der Waals surface area contributed by atoms with E-state index in [-0.39, 0.29) is 12.7 Å². The van der Waals surface area contributed by atoms with Gasteiger partial charge in [-0.1, -0.05) is 22.0 Å². The number of benzene rings is 1. The van der Waals surface area contributed by atoms with Crippen molar-refractivity contribution in [2.45, 2.75) is 26.1 Å². The zero-order chi connectivity index (χ0) is 15.5. The monoisotopic (exact) mass is 362 g/mol. The van der Waals surface area contributed by atoms with Gasteiger partial charge < -0.3 is 14.7 Å². The molecule has 4 nitrogen and oxygen atoms in total. The van der Waals surface area contributed by atoms with Gasteiger partial charge in [-0.05, 0) is 30.7 Å². The summed E-state index contributed by atoms with van der Waals surface area (Å²) in [5, 5.41) is 9.54. The molecule has 2 aromatic rings. The lowest BCUT2D eigenvalue weighted by molar-refractivity contribution is 0.215. The number of anilines is 1. The molecule has 3 rings (SSSR count). The third-order valence-electron chi connectivity index (χ3n) is 3.87. The van der Waals surface area contributed by atoms with Gasteiger partial charge in [-0.15, -0.1) is 0 Å². The third-order valence-corrected chi connectivity index (χ3v) is 4.36. The molecule has 0 spiro atoms. The van der Waals surface area contributed by atoms with Gasteiger partial charge in [0.15, 0.2) is 0 Å². The first-order valence-electron chi connectivity index (χ1n) is 7.39. The summed E-state index contributed by atoms with van der Waals surface area (Å²) in [5.74, 6) is 0.677. The molecule has 1 N–H and O–H groups in total.